The number of amides is 1. The Morgan fingerprint density at radius 1 is 1.19 bits per heavy atom. The van der Waals surface area contributed by atoms with Gasteiger partial charge < -0.3 is 15.0 Å². The molecule has 0 radical (unpaired) electrons. The summed E-state index contributed by atoms with van der Waals surface area (Å²) < 4.78 is 6.11. The van der Waals surface area contributed by atoms with Crippen LogP contribution < -0.4 is 15.0 Å². The molecule has 110 valence electrons. The lowest BCUT2D eigenvalue weighted by Gasteiger charge is -2.14. The maximum Gasteiger partial charge on any atom is 0.259 e. The number of anilines is 2. The van der Waals surface area contributed by atoms with Crippen LogP contribution in [0, 0.1) is 0 Å². The summed E-state index contributed by atoms with van der Waals surface area (Å²) in [5, 5.41) is 2.89. The van der Waals surface area contributed by atoms with Crippen molar-refractivity contribution in [3.8, 4) is 5.75 Å². The summed E-state index contributed by atoms with van der Waals surface area (Å²) in [5.74, 6) is 0.334. The van der Waals surface area contributed by atoms with Crippen LogP contribution in [0.2, 0.25) is 0 Å². The Balaban J connectivity index is 2.24. The van der Waals surface area contributed by atoms with Gasteiger partial charge in [0, 0.05) is 29.9 Å². The summed E-state index contributed by atoms with van der Waals surface area (Å²) in [6.07, 6.45) is 0. The van der Waals surface area contributed by atoms with Crippen molar-refractivity contribution in [3.05, 3.63) is 52.5 Å². The van der Waals surface area contributed by atoms with Crippen LogP contribution in [0.15, 0.2) is 46.9 Å². The molecule has 0 saturated heterocycles. The number of nitrogens with zero attached hydrogens (tertiary/aromatic N) is 1. The first kappa shape index (κ1) is 15.4. The van der Waals surface area contributed by atoms with Crippen LogP contribution in [0.3, 0.4) is 0 Å². The summed E-state index contributed by atoms with van der Waals surface area (Å²) in [4.78, 5) is 14.3. The highest BCUT2D eigenvalue weighted by molar-refractivity contribution is 9.10. The molecule has 0 unspecified atom stereocenters. The van der Waals surface area contributed by atoms with Crippen LogP contribution in [0.1, 0.15) is 10.4 Å². The van der Waals surface area contributed by atoms with E-state index in [-0.39, 0.29) is 5.91 Å². The third-order valence-electron chi connectivity index (χ3n) is 3.03. The Labute approximate surface area is 132 Å². The smallest absolute Gasteiger partial charge is 0.259 e. The van der Waals surface area contributed by atoms with E-state index in [0.29, 0.717) is 11.3 Å². The first-order valence-corrected chi connectivity index (χ1v) is 7.23. The van der Waals surface area contributed by atoms with Gasteiger partial charge in [-0.15, -0.1) is 0 Å². The van der Waals surface area contributed by atoms with Crippen molar-refractivity contribution in [1.29, 1.82) is 0 Å². The fourth-order valence-electron chi connectivity index (χ4n) is 1.91. The van der Waals surface area contributed by atoms with Gasteiger partial charge in [0.25, 0.3) is 5.91 Å². The maximum atomic E-state index is 12.4. The molecular formula is C16H17BrN2O2. The van der Waals surface area contributed by atoms with Crippen LogP contribution in [-0.4, -0.2) is 27.1 Å². The normalized spacial score (nSPS) is 10.1. The third kappa shape index (κ3) is 3.76. The number of halogens is 1. The fraction of sp³-hybridized carbons (Fsp3) is 0.188. The molecule has 2 aromatic rings. The van der Waals surface area contributed by atoms with Crippen LogP contribution in [0.25, 0.3) is 0 Å². The number of methoxy groups -OCH3 is 1. The minimum absolute atomic E-state index is 0.199. The highest BCUT2D eigenvalue weighted by Crippen LogP contribution is 2.25. The third-order valence-corrected chi connectivity index (χ3v) is 3.52. The lowest BCUT2D eigenvalue weighted by atomic mass is 10.1. The lowest BCUT2D eigenvalue weighted by Crippen LogP contribution is -2.14. The predicted molar refractivity (Wildman–Crippen MR) is 89.4 cm³/mol. The lowest BCUT2D eigenvalue weighted by molar-refractivity contribution is 0.102. The van der Waals surface area contributed by atoms with E-state index in [1.807, 2.05) is 49.3 Å². The average molecular weight is 349 g/mol. The van der Waals surface area contributed by atoms with E-state index in [2.05, 4.69) is 21.2 Å². The van der Waals surface area contributed by atoms with Gasteiger partial charge in [0.1, 0.15) is 5.75 Å². The van der Waals surface area contributed by atoms with Gasteiger partial charge in [0.2, 0.25) is 0 Å². The molecule has 0 aliphatic heterocycles. The minimum Gasteiger partial charge on any atom is -0.496 e. The van der Waals surface area contributed by atoms with Crippen molar-refractivity contribution < 1.29 is 9.53 Å². The quantitative estimate of drug-likeness (QED) is 0.914. The van der Waals surface area contributed by atoms with Gasteiger partial charge in [0.15, 0.2) is 0 Å². The molecular weight excluding hydrogens is 332 g/mol. The van der Waals surface area contributed by atoms with Crippen LogP contribution in [-0.2, 0) is 0 Å². The summed E-state index contributed by atoms with van der Waals surface area (Å²) in [6.45, 7) is 0. The van der Waals surface area contributed by atoms with Crippen molar-refractivity contribution in [2.45, 2.75) is 0 Å². The van der Waals surface area contributed by atoms with E-state index in [0.717, 1.165) is 15.8 Å². The molecule has 4 nitrogen and oxygen atoms in total. The van der Waals surface area contributed by atoms with Crippen molar-refractivity contribution in [1.82, 2.24) is 0 Å². The minimum atomic E-state index is -0.199. The van der Waals surface area contributed by atoms with Crippen LogP contribution >= 0.6 is 15.9 Å². The van der Waals surface area contributed by atoms with Gasteiger partial charge >= 0.3 is 0 Å². The van der Waals surface area contributed by atoms with Crippen molar-refractivity contribution in [3.63, 3.8) is 0 Å². The summed E-state index contributed by atoms with van der Waals surface area (Å²) in [7, 11) is 5.46. The zero-order valence-electron chi connectivity index (χ0n) is 12.2. The molecule has 2 rings (SSSR count). The second-order valence-electron chi connectivity index (χ2n) is 4.74. The van der Waals surface area contributed by atoms with Crippen LogP contribution in [0.4, 0.5) is 11.4 Å². The first-order chi connectivity index (χ1) is 10.0. The number of ether oxygens (including phenoxy) is 1. The Hall–Kier alpha value is -2.01. The molecule has 0 bridgehead atoms. The molecule has 0 heterocycles. The summed E-state index contributed by atoms with van der Waals surface area (Å²) in [6, 6.07) is 13.0. The molecule has 5 heteroatoms. The monoisotopic (exact) mass is 348 g/mol. The maximum absolute atomic E-state index is 12.4. The highest BCUT2D eigenvalue weighted by atomic mass is 79.9. The van der Waals surface area contributed by atoms with Gasteiger partial charge in [-0.3, -0.25) is 4.79 Å². The summed E-state index contributed by atoms with van der Waals surface area (Å²) >= 11 is 3.36. The SMILES string of the molecule is COc1cc(Br)ccc1C(=O)Nc1cccc(N(C)C)c1. The molecule has 0 aromatic heterocycles. The second kappa shape index (κ2) is 6.63. The molecule has 21 heavy (non-hydrogen) atoms. The first-order valence-electron chi connectivity index (χ1n) is 6.43. The van der Waals surface area contributed by atoms with Gasteiger partial charge in [-0.2, -0.15) is 0 Å². The molecule has 0 fully saturated rings. The van der Waals surface area contributed by atoms with Crippen molar-refractivity contribution >= 4 is 33.2 Å². The number of hydrogen-bond acceptors (Lipinski definition) is 3. The van der Waals surface area contributed by atoms with Gasteiger partial charge in [-0.1, -0.05) is 22.0 Å². The molecule has 0 atom stereocenters. The molecule has 1 amide bonds. The topological polar surface area (TPSA) is 41.6 Å². The predicted octanol–water partition coefficient (Wildman–Crippen LogP) is 3.78. The summed E-state index contributed by atoms with van der Waals surface area (Å²) in [5.41, 5.74) is 2.27. The molecule has 0 aliphatic rings. The van der Waals surface area contributed by atoms with E-state index in [1.165, 1.54) is 0 Å². The zero-order valence-corrected chi connectivity index (χ0v) is 13.8. The Kier molecular flexibility index (Phi) is 4.85. The van der Waals surface area contributed by atoms with E-state index in [1.54, 1.807) is 19.2 Å². The molecule has 0 saturated carbocycles. The van der Waals surface area contributed by atoms with Crippen molar-refractivity contribution in [2.75, 3.05) is 31.4 Å². The van der Waals surface area contributed by atoms with E-state index in [4.69, 9.17) is 4.74 Å². The molecule has 2 aromatic carbocycles. The zero-order chi connectivity index (χ0) is 15.4. The number of carbonyl (C=O) groups excluding carboxylic acids is 1. The standard InChI is InChI=1S/C16H17BrN2O2/c1-19(2)13-6-4-5-12(10-13)18-16(20)14-8-7-11(17)9-15(14)21-3/h4-10H,1-3H3,(H,18,20). The van der Waals surface area contributed by atoms with E-state index >= 15 is 0 Å². The molecule has 0 spiro atoms. The van der Waals surface area contributed by atoms with Crippen LogP contribution in [0.5, 0.6) is 5.75 Å². The highest BCUT2D eigenvalue weighted by Gasteiger charge is 2.13. The number of hydrogen-bond donors (Lipinski definition) is 1. The molecule has 1 N–H and O–H groups in total. The molecule has 0 aliphatic carbocycles. The largest absolute Gasteiger partial charge is 0.496 e. The second-order valence-corrected chi connectivity index (χ2v) is 5.66. The van der Waals surface area contributed by atoms with Gasteiger partial charge in [-0.25, -0.2) is 0 Å². The Morgan fingerprint density at radius 3 is 2.62 bits per heavy atom. The van der Waals surface area contributed by atoms with Gasteiger partial charge in [0.05, 0.1) is 12.7 Å². The number of benzene rings is 2. The average Bonchev–Trinajstić information content (AvgIpc) is 2.47. The number of rotatable bonds is 4. The van der Waals surface area contributed by atoms with E-state index < -0.39 is 0 Å². The number of nitrogens with one attached hydrogen (secondary N) is 1. The number of carbonyl (C=O) groups is 1. The Bertz CT molecular complexity index is 656. The van der Waals surface area contributed by atoms with E-state index in [9.17, 15) is 4.79 Å². The van der Waals surface area contributed by atoms with Gasteiger partial charge in [-0.05, 0) is 36.4 Å². The Morgan fingerprint density at radius 2 is 1.95 bits per heavy atom. The fourth-order valence-corrected chi connectivity index (χ4v) is 2.25. The van der Waals surface area contributed by atoms with Crippen molar-refractivity contribution in [2.24, 2.45) is 0 Å².